The maximum absolute atomic E-state index is 13.0. The van der Waals surface area contributed by atoms with E-state index in [0.29, 0.717) is 18.5 Å². The van der Waals surface area contributed by atoms with E-state index in [2.05, 4.69) is 10.3 Å². The number of halogens is 1. The third-order valence-corrected chi connectivity index (χ3v) is 3.30. The number of benzene rings is 1. The second kappa shape index (κ2) is 6.30. The van der Waals surface area contributed by atoms with E-state index in [0.717, 1.165) is 11.1 Å². The average Bonchev–Trinajstić information content (AvgIpc) is 2.41. The minimum absolute atomic E-state index is 0.00618. The van der Waals surface area contributed by atoms with Gasteiger partial charge in [0.2, 0.25) is 5.82 Å². The summed E-state index contributed by atoms with van der Waals surface area (Å²) < 4.78 is 13.0. The van der Waals surface area contributed by atoms with Crippen LogP contribution in [0.25, 0.3) is 0 Å². The first kappa shape index (κ1) is 14.9. The Morgan fingerprint density at radius 2 is 2.05 bits per heavy atom. The lowest BCUT2D eigenvalue weighted by Gasteiger charge is -2.09. The van der Waals surface area contributed by atoms with E-state index in [9.17, 15) is 14.5 Å². The van der Waals surface area contributed by atoms with Crippen LogP contribution in [-0.4, -0.2) is 16.5 Å². The molecule has 0 aliphatic carbocycles. The minimum atomic E-state index is -0.437. The van der Waals surface area contributed by atoms with Crippen LogP contribution in [0.2, 0.25) is 0 Å². The number of rotatable bonds is 5. The highest BCUT2D eigenvalue weighted by atomic mass is 19.1. The Morgan fingerprint density at radius 3 is 2.71 bits per heavy atom. The molecule has 0 aliphatic rings. The number of aromatic nitrogens is 1. The Balaban J connectivity index is 2.07. The molecule has 1 heterocycles. The molecule has 0 radical (unpaired) electrons. The van der Waals surface area contributed by atoms with E-state index in [4.69, 9.17) is 0 Å². The van der Waals surface area contributed by atoms with Crippen molar-refractivity contribution >= 4 is 11.5 Å². The predicted octanol–water partition coefficient (Wildman–Crippen LogP) is 3.40. The Labute approximate surface area is 122 Å². The molecule has 2 rings (SSSR count). The Hall–Kier alpha value is -2.50. The van der Waals surface area contributed by atoms with Gasteiger partial charge in [0.25, 0.3) is 0 Å². The van der Waals surface area contributed by atoms with Gasteiger partial charge in [0.15, 0.2) is 0 Å². The molecule has 1 aromatic carbocycles. The smallest absolute Gasteiger partial charge is 0.314 e. The van der Waals surface area contributed by atoms with Gasteiger partial charge in [-0.05, 0) is 49.6 Å². The Morgan fingerprint density at radius 1 is 1.29 bits per heavy atom. The molecule has 1 aromatic heterocycles. The third-order valence-electron chi connectivity index (χ3n) is 3.30. The SMILES string of the molecule is Cc1cc(F)ccc1CCNc1nccc(C)c1[N+](=O)[O-]. The van der Waals surface area contributed by atoms with Gasteiger partial charge in [-0.1, -0.05) is 6.07 Å². The van der Waals surface area contributed by atoms with Crippen LogP contribution in [0.1, 0.15) is 16.7 Å². The molecule has 0 unspecified atom stereocenters. The fourth-order valence-corrected chi connectivity index (χ4v) is 2.17. The molecule has 0 saturated heterocycles. The second-order valence-corrected chi connectivity index (χ2v) is 4.83. The number of nitro groups is 1. The molecule has 1 N–H and O–H groups in total. The monoisotopic (exact) mass is 289 g/mol. The summed E-state index contributed by atoms with van der Waals surface area (Å²) in [6.45, 7) is 4.00. The van der Waals surface area contributed by atoms with E-state index in [-0.39, 0.29) is 17.3 Å². The number of hydrogen-bond acceptors (Lipinski definition) is 4. The van der Waals surface area contributed by atoms with Crippen LogP contribution in [-0.2, 0) is 6.42 Å². The number of nitrogens with zero attached hydrogens (tertiary/aromatic N) is 2. The maximum Gasteiger partial charge on any atom is 0.314 e. The molecule has 0 atom stereocenters. The molecular weight excluding hydrogens is 273 g/mol. The molecule has 5 nitrogen and oxygen atoms in total. The Bertz CT molecular complexity index is 674. The van der Waals surface area contributed by atoms with Crippen molar-refractivity contribution in [2.45, 2.75) is 20.3 Å². The van der Waals surface area contributed by atoms with Gasteiger partial charge in [-0.2, -0.15) is 0 Å². The first-order valence-corrected chi connectivity index (χ1v) is 6.58. The van der Waals surface area contributed by atoms with Gasteiger partial charge in [-0.25, -0.2) is 9.37 Å². The molecule has 0 saturated carbocycles. The molecule has 0 spiro atoms. The minimum Gasteiger partial charge on any atom is -0.364 e. The van der Waals surface area contributed by atoms with Gasteiger partial charge in [0.05, 0.1) is 4.92 Å². The van der Waals surface area contributed by atoms with Gasteiger partial charge in [0, 0.05) is 18.3 Å². The molecule has 0 amide bonds. The van der Waals surface area contributed by atoms with E-state index >= 15 is 0 Å². The summed E-state index contributed by atoms with van der Waals surface area (Å²) in [5.41, 5.74) is 2.42. The van der Waals surface area contributed by atoms with Gasteiger partial charge in [-0.3, -0.25) is 10.1 Å². The summed E-state index contributed by atoms with van der Waals surface area (Å²) in [4.78, 5) is 14.6. The molecule has 6 heteroatoms. The van der Waals surface area contributed by atoms with Crippen LogP contribution < -0.4 is 5.32 Å². The predicted molar refractivity (Wildman–Crippen MR) is 79.0 cm³/mol. The molecule has 0 aliphatic heterocycles. The van der Waals surface area contributed by atoms with Crippen LogP contribution in [0, 0.1) is 29.8 Å². The van der Waals surface area contributed by atoms with Crippen molar-refractivity contribution in [3.8, 4) is 0 Å². The summed E-state index contributed by atoms with van der Waals surface area (Å²) in [6, 6.07) is 6.22. The van der Waals surface area contributed by atoms with Crippen molar-refractivity contribution in [2.24, 2.45) is 0 Å². The normalized spacial score (nSPS) is 10.4. The van der Waals surface area contributed by atoms with Gasteiger partial charge in [-0.15, -0.1) is 0 Å². The second-order valence-electron chi connectivity index (χ2n) is 4.83. The van der Waals surface area contributed by atoms with E-state index < -0.39 is 4.92 Å². The molecular formula is C15H16FN3O2. The highest BCUT2D eigenvalue weighted by Crippen LogP contribution is 2.25. The zero-order valence-corrected chi connectivity index (χ0v) is 11.9. The number of nitrogens with one attached hydrogen (secondary N) is 1. The number of pyridine rings is 1. The first-order chi connectivity index (χ1) is 9.99. The fourth-order valence-electron chi connectivity index (χ4n) is 2.17. The van der Waals surface area contributed by atoms with Gasteiger partial charge < -0.3 is 5.32 Å². The van der Waals surface area contributed by atoms with Crippen molar-refractivity contribution in [2.75, 3.05) is 11.9 Å². The van der Waals surface area contributed by atoms with Crippen LogP contribution >= 0.6 is 0 Å². The summed E-state index contributed by atoms with van der Waals surface area (Å²) in [5, 5.41) is 14.0. The van der Waals surface area contributed by atoms with Crippen molar-refractivity contribution in [1.82, 2.24) is 4.98 Å². The summed E-state index contributed by atoms with van der Waals surface area (Å²) in [5.74, 6) is -0.0000346. The zero-order valence-electron chi connectivity index (χ0n) is 11.9. The van der Waals surface area contributed by atoms with Crippen LogP contribution in [0.5, 0.6) is 0 Å². The van der Waals surface area contributed by atoms with E-state index in [1.54, 1.807) is 19.1 Å². The average molecular weight is 289 g/mol. The molecule has 0 fully saturated rings. The summed E-state index contributed by atoms with van der Waals surface area (Å²) in [6.07, 6.45) is 2.17. The van der Waals surface area contributed by atoms with Crippen LogP contribution in [0.15, 0.2) is 30.5 Å². The lowest BCUT2D eigenvalue weighted by Crippen LogP contribution is -2.10. The fraction of sp³-hybridized carbons (Fsp3) is 0.267. The van der Waals surface area contributed by atoms with Crippen LogP contribution in [0.4, 0.5) is 15.9 Å². The Kier molecular flexibility index (Phi) is 4.47. The topological polar surface area (TPSA) is 68.1 Å². The maximum atomic E-state index is 13.0. The van der Waals surface area contributed by atoms with Gasteiger partial charge in [0.1, 0.15) is 5.82 Å². The van der Waals surface area contributed by atoms with E-state index in [1.165, 1.54) is 18.3 Å². The number of aryl methyl sites for hydroxylation is 2. The van der Waals surface area contributed by atoms with E-state index in [1.807, 2.05) is 6.92 Å². The standard InChI is InChI=1S/C15H16FN3O2/c1-10-5-7-17-15(14(10)19(20)21)18-8-6-12-3-4-13(16)9-11(12)2/h3-5,7,9H,6,8H2,1-2H3,(H,17,18). The number of hydrogen-bond donors (Lipinski definition) is 1. The molecule has 21 heavy (non-hydrogen) atoms. The third kappa shape index (κ3) is 3.53. The quantitative estimate of drug-likeness (QED) is 0.676. The lowest BCUT2D eigenvalue weighted by atomic mass is 10.1. The number of anilines is 1. The molecule has 2 aromatic rings. The van der Waals surface area contributed by atoms with Crippen molar-refractivity contribution < 1.29 is 9.31 Å². The van der Waals surface area contributed by atoms with Crippen molar-refractivity contribution in [3.05, 3.63) is 63.1 Å². The van der Waals surface area contributed by atoms with Crippen molar-refractivity contribution in [3.63, 3.8) is 0 Å². The molecule has 0 bridgehead atoms. The molecule has 110 valence electrons. The zero-order chi connectivity index (χ0) is 15.4. The first-order valence-electron chi connectivity index (χ1n) is 6.58. The summed E-state index contributed by atoms with van der Waals surface area (Å²) in [7, 11) is 0. The van der Waals surface area contributed by atoms with Crippen LogP contribution in [0.3, 0.4) is 0 Å². The lowest BCUT2D eigenvalue weighted by molar-refractivity contribution is -0.384. The van der Waals surface area contributed by atoms with Crippen molar-refractivity contribution in [1.29, 1.82) is 0 Å². The van der Waals surface area contributed by atoms with Gasteiger partial charge >= 0.3 is 5.69 Å². The highest BCUT2D eigenvalue weighted by molar-refractivity contribution is 5.59. The highest BCUT2D eigenvalue weighted by Gasteiger charge is 2.17. The summed E-state index contributed by atoms with van der Waals surface area (Å²) >= 11 is 0. The largest absolute Gasteiger partial charge is 0.364 e.